The van der Waals surface area contributed by atoms with Crippen LogP contribution in [0.15, 0.2) is 30.3 Å². The van der Waals surface area contributed by atoms with Gasteiger partial charge < -0.3 is 15.0 Å². The van der Waals surface area contributed by atoms with Gasteiger partial charge in [-0.15, -0.1) is 0 Å². The highest BCUT2D eigenvalue weighted by molar-refractivity contribution is 5.76. The number of carbonyl (C=O) groups excluding carboxylic acids is 1. The Morgan fingerprint density at radius 2 is 2.00 bits per heavy atom. The third kappa shape index (κ3) is 4.32. The number of nitrogens with one attached hydrogen (secondary N) is 1. The first kappa shape index (κ1) is 15.0. The number of morpholine rings is 1. The molecule has 110 valence electrons. The Morgan fingerprint density at radius 3 is 2.65 bits per heavy atom. The summed E-state index contributed by atoms with van der Waals surface area (Å²) in [5, 5.41) is 3.48. The molecule has 1 N–H and O–H groups in total. The van der Waals surface area contributed by atoms with E-state index in [1.165, 1.54) is 5.56 Å². The first-order valence-electron chi connectivity index (χ1n) is 7.45. The van der Waals surface area contributed by atoms with E-state index < -0.39 is 0 Å². The van der Waals surface area contributed by atoms with Crippen molar-refractivity contribution in [2.45, 2.75) is 25.8 Å². The zero-order valence-corrected chi connectivity index (χ0v) is 12.2. The summed E-state index contributed by atoms with van der Waals surface area (Å²) in [6.45, 7) is 5.68. The lowest BCUT2D eigenvalue weighted by molar-refractivity contribution is -0.135. The van der Waals surface area contributed by atoms with Crippen LogP contribution in [0.3, 0.4) is 0 Å². The molecule has 0 saturated carbocycles. The molecule has 1 aromatic rings. The van der Waals surface area contributed by atoms with Crippen molar-refractivity contribution in [3.05, 3.63) is 35.9 Å². The van der Waals surface area contributed by atoms with Crippen molar-refractivity contribution in [2.75, 3.05) is 32.8 Å². The fourth-order valence-corrected chi connectivity index (χ4v) is 2.51. The average molecular weight is 276 g/mol. The molecule has 1 fully saturated rings. The lowest BCUT2D eigenvalue weighted by Crippen LogP contribution is -2.41. The zero-order valence-electron chi connectivity index (χ0n) is 12.2. The van der Waals surface area contributed by atoms with Crippen LogP contribution >= 0.6 is 0 Å². The minimum absolute atomic E-state index is 0.226. The predicted molar refractivity (Wildman–Crippen MR) is 79.5 cm³/mol. The highest BCUT2D eigenvalue weighted by Crippen LogP contribution is 2.15. The van der Waals surface area contributed by atoms with Crippen LogP contribution in [0.1, 0.15) is 31.4 Å². The van der Waals surface area contributed by atoms with Crippen molar-refractivity contribution in [2.24, 2.45) is 0 Å². The number of amides is 1. The molecule has 1 atom stereocenters. The molecule has 0 bridgehead atoms. The minimum atomic E-state index is 0.226. The lowest BCUT2D eigenvalue weighted by Gasteiger charge is -2.27. The SMILES string of the molecule is CCC(NCCC(=O)N1CCOCC1)c1ccccc1. The number of rotatable bonds is 6. The second-order valence-electron chi connectivity index (χ2n) is 5.07. The van der Waals surface area contributed by atoms with E-state index in [0.717, 1.165) is 26.1 Å². The largest absolute Gasteiger partial charge is 0.378 e. The Hall–Kier alpha value is -1.39. The van der Waals surface area contributed by atoms with E-state index in [2.05, 4.69) is 36.5 Å². The fourth-order valence-electron chi connectivity index (χ4n) is 2.51. The van der Waals surface area contributed by atoms with E-state index in [1.54, 1.807) is 0 Å². The normalized spacial score (nSPS) is 16.9. The van der Waals surface area contributed by atoms with Gasteiger partial charge in [-0.25, -0.2) is 0 Å². The summed E-state index contributed by atoms with van der Waals surface area (Å²) in [5.74, 6) is 0.226. The minimum Gasteiger partial charge on any atom is -0.378 e. The highest BCUT2D eigenvalue weighted by atomic mass is 16.5. The molecular weight excluding hydrogens is 252 g/mol. The molecule has 1 amide bonds. The van der Waals surface area contributed by atoms with Gasteiger partial charge in [-0.05, 0) is 12.0 Å². The Kier molecular flexibility index (Phi) is 6.02. The van der Waals surface area contributed by atoms with Gasteiger partial charge in [0.1, 0.15) is 0 Å². The maximum absolute atomic E-state index is 12.0. The Bertz CT molecular complexity index is 402. The molecule has 1 aliphatic heterocycles. The summed E-state index contributed by atoms with van der Waals surface area (Å²) in [5.41, 5.74) is 1.29. The maximum Gasteiger partial charge on any atom is 0.224 e. The van der Waals surface area contributed by atoms with Gasteiger partial charge in [-0.3, -0.25) is 4.79 Å². The second-order valence-corrected chi connectivity index (χ2v) is 5.07. The molecule has 4 heteroatoms. The summed E-state index contributed by atoms with van der Waals surface area (Å²) in [7, 11) is 0. The number of hydrogen-bond acceptors (Lipinski definition) is 3. The van der Waals surface area contributed by atoms with Gasteiger partial charge in [0, 0.05) is 32.1 Å². The predicted octanol–water partition coefficient (Wildman–Crippen LogP) is 1.98. The molecule has 0 radical (unpaired) electrons. The van der Waals surface area contributed by atoms with Crippen LogP contribution in [-0.4, -0.2) is 43.7 Å². The van der Waals surface area contributed by atoms with Crippen LogP contribution in [0.25, 0.3) is 0 Å². The fraction of sp³-hybridized carbons (Fsp3) is 0.562. The van der Waals surface area contributed by atoms with E-state index in [9.17, 15) is 4.79 Å². The van der Waals surface area contributed by atoms with Crippen molar-refractivity contribution >= 4 is 5.91 Å². The van der Waals surface area contributed by atoms with Crippen LogP contribution in [0.5, 0.6) is 0 Å². The third-order valence-electron chi connectivity index (χ3n) is 3.70. The Morgan fingerprint density at radius 1 is 1.30 bits per heavy atom. The first-order chi connectivity index (χ1) is 9.81. The lowest BCUT2D eigenvalue weighted by atomic mass is 10.0. The van der Waals surface area contributed by atoms with Gasteiger partial charge in [-0.1, -0.05) is 37.3 Å². The molecule has 1 unspecified atom stereocenters. The molecule has 1 heterocycles. The van der Waals surface area contributed by atoms with E-state index in [-0.39, 0.29) is 5.91 Å². The molecular formula is C16H24N2O2. The van der Waals surface area contributed by atoms with E-state index >= 15 is 0 Å². The van der Waals surface area contributed by atoms with Gasteiger partial charge in [-0.2, -0.15) is 0 Å². The molecule has 1 aromatic carbocycles. The zero-order chi connectivity index (χ0) is 14.2. The van der Waals surface area contributed by atoms with Crippen molar-refractivity contribution in [3.63, 3.8) is 0 Å². The Labute approximate surface area is 121 Å². The van der Waals surface area contributed by atoms with Crippen LogP contribution in [0.2, 0.25) is 0 Å². The topological polar surface area (TPSA) is 41.6 Å². The highest BCUT2D eigenvalue weighted by Gasteiger charge is 2.16. The van der Waals surface area contributed by atoms with Crippen molar-refractivity contribution < 1.29 is 9.53 Å². The van der Waals surface area contributed by atoms with Crippen LogP contribution in [0, 0.1) is 0 Å². The molecule has 20 heavy (non-hydrogen) atoms. The monoisotopic (exact) mass is 276 g/mol. The molecule has 1 saturated heterocycles. The number of benzene rings is 1. The summed E-state index contributed by atoms with van der Waals surface area (Å²) in [6.07, 6.45) is 1.58. The molecule has 4 nitrogen and oxygen atoms in total. The molecule has 2 rings (SSSR count). The molecule has 0 spiro atoms. The second kappa shape index (κ2) is 8.02. The van der Waals surface area contributed by atoms with E-state index in [1.807, 2.05) is 11.0 Å². The number of ether oxygens (including phenoxy) is 1. The average Bonchev–Trinajstić information content (AvgIpc) is 2.53. The van der Waals surface area contributed by atoms with Crippen molar-refractivity contribution in [1.29, 1.82) is 0 Å². The molecule has 0 aromatic heterocycles. The van der Waals surface area contributed by atoms with Crippen molar-refractivity contribution in [3.8, 4) is 0 Å². The first-order valence-corrected chi connectivity index (χ1v) is 7.45. The number of nitrogens with zero attached hydrogens (tertiary/aromatic N) is 1. The van der Waals surface area contributed by atoms with Gasteiger partial charge in [0.15, 0.2) is 0 Å². The quantitative estimate of drug-likeness (QED) is 0.864. The standard InChI is InChI=1S/C16H24N2O2/c1-2-15(14-6-4-3-5-7-14)17-9-8-16(19)18-10-12-20-13-11-18/h3-7,15,17H,2,8-13H2,1H3. The number of carbonyl (C=O) groups is 1. The van der Waals surface area contributed by atoms with Crippen molar-refractivity contribution in [1.82, 2.24) is 10.2 Å². The maximum atomic E-state index is 12.0. The van der Waals surface area contributed by atoms with Gasteiger partial charge >= 0.3 is 0 Å². The van der Waals surface area contributed by atoms with Crippen LogP contribution in [0.4, 0.5) is 0 Å². The van der Waals surface area contributed by atoms with E-state index in [0.29, 0.717) is 25.7 Å². The van der Waals surface area contributed by atoms with Gasteiger partial charge in [0.2, 0.25) is 5.91 Å². The van der Waals surface area contributed by atoms with Gasteiger partial charge in [0.25, 0.3) is 0 Å². The summed E-state index contributed by atoms with van der Waals surface area (Å²) >= 11 is 0. The summed E-state index contributed by atoms with van der Waals surface area (Å²) in [4.78, 5) is 13.9. The summed E-state index contributed by atoms with van der Waals surface area (Å²) < 4.78 is 5.26. The van der Waals surface area contributed by atoms with Crippen LogP contribution < -0.4 is 5.32 Å². The van der Waals surface area contributed by atoms with Gasteiger partial charge in [0.05, 0.1) is 13.2 Å². The summed E-state index contributed by atoms with van der Waals surface area (Å²) in [6, 6.07) is 10.7. The smallest absolute Gasteiger partial charge is 0.224 e. The number of hydrogen-bond donors (Lipinski definition) is 1. The third-order valence-corrected chi connectivity index (χ3v) is 3.70. The molecule has 0 aliphatic carbocycles. The van der Waals surface area contributed by atoms with Crippen LogP contribution in [-0.2, 0) is 9.53 Å². The Balaban J connectivity index is 1.75. The molecule has 1 aliphatic rings. The van der Waals surface area contributed by atoms with E-state index in [4.69, 9.17) is 4.74 Å².